The van der Waals surface area contributed by atoms with Gasteiger partial charge in [-0.15, -0.1) is 15.3 Å². The first-order chi connectivity index (χ1) is 12.6. The molecule has 0 bridgehead atoms. The van der Waals surface area contributed by atoms with Crippen LogP contribution in [0.5, 0.6) is 0 Å². The lowest BCUT2D eigenvalue weighted by Crippen LogP contribution is -2.16. The predicted molar refractivity (Wildman–Crippen MR) is 104 cm³/mol. The lowest BCUT2D eigenvalue weighted by atomic mass is 10.1. The summed E-state index contributed by atoms with van der Waals surface area (Å²) >= 11 is 2.89. The molecular weight excluding hydrogens is 368 g/mol. The third-order valence-corrected chi connectivity index (χ3v) is 6.38. The van der Waals surface area contributed by atoms with Gasteiger partial charge >= 0.3 is 0 Å². The highest BCUT2D eigenvalue weighted by molar-refractivity contribution is 8.01. The third kappa shape index (κ3) is 3.60. The molecule has 2 N–H and O–H groups in total. The van der Waals surface area contributed by atoms with Gasteiger partial charge in [0.05, 0.1) is 11.8 Å². The molecule has 1 aromatic carbocycles. The number of aryl methyl sites for hydroxylation is 2. The van der Waals surface area contributed by atoms with E-state index in [9.17, 15) is 4.79 Å². The molecule has 3 heterocycles. The summed E-state index contributed by atoms with van der Waals surface area (Å²) < 4.78 is 2.63. The maximum absolute atomic E-state index is 12.3. The minimum Gasteiger partial charge on any atom is -0.325 e. The maximum atomic E-state index is 12.3. The van der Waals surface area contributed by atoms with E-state index in [2.05, 4.69) is 32.0 Å². The number of carbonyl (C=O) groups excluding carboxylic acids is 1. The van der Waals surface area contributed by atoms with Gasteiger partial charge in [0.1, 0.15) is 0 Å². The molecule has 4 rings (SSSR count). The van der Waals surface area contributed by atoms with Crippen LogP contribution in [0.25, 0.3) is 4.96 Å². The van der Waals surface area contributed by atoms with Crippen LogP contribution in [-0.2, 0) is 4.79 Å². The van der Waals surface area contributed by atoms with E-state index in [1.807, 2.05) is 26.0 Å². The van der Waals surface area contributed by atoms with Crippen molar-refractivity contribution in [2.45, 2.75) is 37.1 Å². The van der Waals surface area contributed by atoms with Gasteiger partial charge in [-0.1, -0.05) is 40.8 Å². The Morgan fingerprint density at radius 2 is 2.31 bits per heavy atom. The quantitative estimate of drug-likeness (QED) is 0.654. The number of amides is 1. The second-order valence-corrected chi connectivity index (χ2v) is 8.60. The molecule has 0 radical (unpaired) electrons. The minimum absolute atomic E-state index is 0.0365. The summed E-state index contributed by atoms with van der Waals surface area (Å²) in [4.78, 5) is 13.0. The molecule has 7 nitrogen and oxygen atoms in total. The van der Waals surface area contributed by atoms with Gasteiger partial charge in [-0.2, -0.15) is 4.52 Å². The van der Waals surface area contributed by atoms with E-state index in [1.165, 1.54) is 28.7 Å². The summed E-state index contributed by atoms with van der Waals surface area (Å²) in [5.74, 6) is 1.14. The molecule has 2 aromatic heterocycles. The van der Waals surface area contributed by atoms with Gasteiger partial charge in [-0.25, -0.2) is 0 Å². The Bertz CT molecular complexity index is 944. The van der Waals surface area contributed by atoms with E-state index in [-0.39, 0.29) is 11.9 Å². The lowest BCUT2D eigenvalue weighted by Gasteiger charge is -2.08. The molecule has 136 valence electrons. The topological polar surface area (TPSA) is 84.2 Å². The molecular formula is C17H20N6OS2. The van der Waals surface area contributed by atoms with Crippen LogP contribution in [0.3, 0.4) is 0 Å². The molecule has 1 fully saturated rings. The van der Waals surface area contributed by atoms with Crippen molar-refractivity contribution >= 4 is 39.7 Å². The summed E-state index contributed by atoms with van der Waals surface area (Å²) in [5, 5.41) is 19.4. The SMILES string of the molecule is Cc1ccc(NC(=O)CSc2nn3c([C@H]4CCCN4)nnc3s2)c(C)c1. The zero-order valence-electron chi connectivity index (χ0n) is 14.7. The number of hydrogen-bond acceptors (Lipinski definition) is 7. The molecule has 0 spiro atoms. The van der Waals surface area contributed by atoms with Crippen molar-refractivity contribution in [1.29, 1.82) is 0 Å². The number of fused-ring (bicyclic) bond motifs is 1. The van der Waals surface area contributed by atoms with E-state index in [4.69, 9.17) is 0 Å². The van der Waals surface area contributed by atoms with E-state index in [0.717, 1.165) is 45.8 Å². The fourth-order valence-electron chi connectivity index (χ4n) is 3.06. The standard InChI is InChI=1S/C17H20N6OS2/c1-10-5-6-12(11(2)8-10)19-14(24)9-25-17-22-23-15(13-4-3-7-18-13)20-21-16(23)26-17/h5-6,8,13,18H,3-4,7,9H2,1-2H3,(H,19,24)/t13-/m1/s1. The Balaban J connectivity index is 1.40. The summed E-state index contributed by atoms with van der Waals surface area (Å²) in [5.41, 5.74) is 3.10. The van der Waals surface area contributed by atoms with Gasteiger partial charge in [-0.3, -0.25) is 4.79 Å². The lowest BCUT2D eigenvalue weighted by molar-refractivity contribution is -0.113. The summed E-state index contributed by atoms with van der Waals surface area (Å²) in [6, 6.07) is 6.22. The van der Waals surface area contributed by atoms with E-state index in [1.54, 1.807) is 4.52 Å². The first-order valence-electron chi connectivity index (χ1n) is 8.55. The molecule has 0 unspecified atom stereocenters. The number of anilines is 1. The number of thioether (sulfide) groups is 1. The highest BCUT2D eigenvalue weighted by Crippen LogP contribution is 2.28. The van der Waals surface area contributed by atoms with Crippen LogP contribution in [0, 0.1) is 13.8 Å². The molecule has 1 aliphatic heterocycles. The van der Waals surface area contributed by atoms with Crippen LogP contribution in [-0.4, -0.2) is 38.0 Å². The Labute approximate surface area is 159 Å². The number of rotatable bonds is 5. The van der Waals surface area contributed by atoms with Gasteiger partial charge in [0.15, 0.2) is 10.2 Å². The van der Waals surface area contributed by atoms with Crippen molar-refractivity contribution < 1.29 is 4.79 Å². The molecule has 1 atom stereocenters. The van der Waals surface area contributed by atoms with Crippen molar-refractivity contribution in [2.75, 3.05) is 17.6 Å². The fraction of sp³-hybridized carbons (Fsp3) is 0.412. The smallest absolute Gasteiger partial charge is 0.235 e. The molecule has 3 aromatic rings. The molecule has 1 saturated heterocycles. The van der Waals surface area contributed by atoms with E-state index >= 15 is 0 Å². The average Bonchev–Trinajstić information content (AvgIpc) is 3.31. The van der Waals surface area contributed by atoms with Crippen molar-refractivity contribution in [3.63, 3.8) is 0 Å². The summed E-state index contributed by atoms with van der Waals surface area (Å²) in [6.45, 7) is 5.04. The van der Waals surface area contributed by atoms with E-state index < -0.39 is 0 Å². The number of nitrogens with zero attached hydrogens (tertiary/aromatic N) is 4. The zero-order chi connectivity index (χ0) is 18.1. The largest absolute Gasteiger partial charge is 0.325 e. The monoisotopic (exact) mass is 388 g/mol. The molecule has 0 aliphatic carbocycles. The van der Waals surface area contributed by atoms with Crippen molar-refractivity contribution in [3.05, 3.63) is 35.2 Å². The minimum atomic E-state index is -0.0365. The van der Waals surface area contributed by atoms with Gasteiger partial charge in [0.25, 0.3) is 0 Å². The van der Waals surface area contributed by atoms with Crippen molar-refractivity contribution in [2.24, 2.45) is 0 Å². The first kappa shape index (κ1) is 17.4. The van der Waals surface area contributed by atoms with Gasteiger partial charge < -0.3 is 10.6 Å². The normalized spacial score (nSPS) is 17.1. The van der Waals surface area contributed by atoms with Gasteiger partial charge in [0, 0.05) is 5.69 Å². The van der Waals surface area contributed by atoms with Gasteiger partial charge in [0.2, 0.25) is 10.9 Å². The number of aromatic nitrogens is 4. The van der Waals surface area contributed by atoms with E-state index in [0.29, 0.717) is 5.75 Å². The molecule has 26 heavy (non-hydrogen) atoms. The van der Waals surface area contributed by atoms with Crippen LogP contribution in [0.4, 0.5) is 5.69 Å². The third-order valence-electron chi connectivity index (χ3n) is 4.35. The van der Waals surface area contributed by atoms with Crippen LogP contribution in [0.1, 0.15) is 35.8 Å². The molecule has 9 heteroatoms. The highest BCUT2D eigenvalue weighted by Gasteiger charge is 2.23. The number of hydrogen-bond donors (Lipinski definition) is 2. The Kier molecular flexibility index (Phi) is 4.92. The number of nitrogens with one attached hydrogen (secondary N) is 2. The van der Waals surface area contributed by atoms with Crippen LogP contribution >= 0.6 is 23.1 Å². The number of benzene rings is 1. The molecule has 1 amide bonds. The zero-order valence-corrected chi connectivity index (χ0v) is 16.3. The maximum Gasteiger partial charge on any atom is 0.235 e. The first-order valence-corrected chi connectivity index (χ1v) is 10.4. The van der Waals surface area contributed by atoms with Crippen molar-refractivity contribution in [1.82, 2.24) is 25.1 Å². The Morgan fingerprint density at radius 3 is 3.08 bits per heavy atom. The highest BCUT2D eigenvalue weighted by atomic mass is 32.2. The average molecular weight is 389 g/mol. The second kappa shape index (κ2) is 7.34. The summed E-state index contributed by atoms with van der Waals surface area (Å²) in [6.07, 6.45) is 2.20. The predicted octanol–water partition coefficient (Wildman–Crippen LogP) is 2.96. The fourth-order valence-corrected chi connectivity index (χ4v) is 4.75. The van der Waals surface area contributed by atoms with Crippen LogP contribution in [0.15, 0.2) is 22.5 Å². The van der Waals surface area contributed by atoms with Crippen molar-refractivity contribution in [3.8, 4) is 0 Å². The Hall–Kier alpha value is -1.97. The molecule has 0 saturated carbocycles. The summed E-state index contributed by atoms with van der Waals surface area (Å²) in [7, 11) is 0. The number of carbonyl (C=O) groups is 1. The van der Waals surface area contributed by atoms with Gasteiger partial charge in [-0.05, 0) is 44.9 Å². The second-order valence-electron chi connectivity index (χ2n) is 6.42. The molecule has 1 aliphatic rings. The Morgan fingerprint density at radius 1 is 1.42 bits per heavy atom. The van der Waals surface area contributed by atoms with Crippen LogP contribution in [0.2, 0.25) is 0 Å². The van der Waals surface area contributed by atoms with Crippen LogP contribution < -0.4 is 10.6 Å².